The van der Waals surface area contributed by atoms with Crippen LogP contribution in [0.5, 0.6) is 5.75 Å². The monoisotopic (exact) mass is 398 g/mol. The summed E-state index contributed by atoms with van der Waals surface area (Å²) in [4.78, 5) is 8.61. The van der Waals surface area contributed by atoms with Crippen LogP contribution >= 0.6 is 0 Å². The Labute approximate surface area is 168 Å². The molecule has 3 aromatic rings. The van der Waals surface area contributed by atoms with Crippen molar-refractivity contribution in [3.63, 3.8) is 0 Å². The van der Waals surface area contributed by atoms with Crippen molar-refractivity contribution < 1.29 is 19.1 Å². The number of hydrogen-bond donors (Lipinski definition) is 1. The fourth-order valence-electron chi connectivity index (χ4n) is 3.02. The maximum Gasteiger partial charge on any atom is 0.148 e. The summed E-state index contributed by atoms with van der Waals surface area (Å²) < 4.78 is 21.2. The highest BCUT2D eigenvalue weighted by Gasteiger charge is 2.48. The highest BCUT2D eigenvalue weighted by molar-refractivity contribution is 5.79. The maximum atomic E-state index is 13.5. The summed E-state index contributed by atoms with van der Waals surface area (Å²) in [5.74, 6) is 0.174. The van der Waals surface area contributed by atoms with Crippen LogP contribution in [0.3, 0.4) is 0 Å². The molecule has 0 bridgehead atoms. The van der Waals surface area contributed by atoms with Crippen LogP contribution in [0.25, 0.3) is 0 Å². The molecule has 1 atom stereocenters. The zero-order valence-corrected chi connectivity index (χ0v) is 16.5. The van der Waals surface area contributed by atoms with E-state index in [0.717, 1.165) is 5.56 Å². The first-order chi connectivity index (χ1) is 13.8. The van der Waals surface area contributed by atoms with Gasteiger partial charge in [0.15, 0.2) is 0 Å². The molecule has 3 rings (SSSR count). The van der Waals surface area contributed by atoms with E-state index in [0.29, 0.717) is 11.3 Å². The van der Waals surface area contributed by atoms with Gasteiger partial charge in [-0.15, -0.1) is 0 Å². The molecule has 1 N–H and O–H groups in total. The SMILES string of the molecule is CON=Cc1ccc(OC(C)(C)C(O)(Cn2cncn2)c2ccc(F)cc2)cc1. The minimum absolute atomic E-state index is 0.0736. The van der Waals surface area contributed by atoms with E-state index in [-0.39, 0.29) is 12.4 Å². The highest BCUT2D eigenvalue weighted by Crippen LogP contribution is 2.38. The molecule has 0 spiro atoms. The molecule has 0 fully saturated rings. The molecule has 1 aromatic heterocycles. The summed E-state index contributed by atoms with van der Waals surface area (Å²) in [7, 11) is 1.47. The average molecular weight is 398 g/mol. The first-order valence-corrected chi connectivity index (χ1v) is 9.00. The Morgan fingerprint density at radius 3 is 2.41 bits per heavy atom. The Hall–Kier alpha value is -3.26. The Morgan fingerprint density at radius 1 is 1.14 bits per heavy atom. The molecule has 8 heteroatoms. The van der Waals surface area contributed by atoms with Gasteiger partial charge in [0.25, 0.3) is 0 Å². The highest BCUT2D eigenvalue weighted by atomic mass is 19.1. The predicted octanol–water partition coefficient (Wildman–Crippen LogP) is 3.14. The number of ether oxygens (including phenoxy) is 1. The number of halogens is 1. The van der Waals surface area contributed by atoms with Crippen molar-refractivity contribution >= 4 is 6.21 Å². The van der Waals surface area contributed by atoms with E-state index < -0.39 is 11.2 Å². The van der Waals surface area contributed by atoms with Crippen LogP contribution in [0, 0.1) is 5.82 Å². The molecular weight excluding hydrogens is 375 g/mol. The third kappa shape index (κ3) is 4.60. The van der Waals surface area contributed by atoms with Gasteiger partial charge in [0.05, 0.1) is 12.8 Å². The third-order valence-electron chi connectivity index (χ3n) is 4.74. The predicted molar refractivity (Wildman–Crippen MR) is 106 cm³/mol. The van der Waals surface area contributed by atoms with Crippen molar-refractivity contribution in [2.45, 2.75) is 31.6 Å². The molecule has 0 radical (unpaired) electrons. The number of benzene rings is 2. The lowest BCUT2D eigenvalue weighted by atomic mass is 9.79. The topological polar surface area (TPSA) is 81.8 Å². The molecular formula is C21H23FN4O3. The molecule has 29 heavy (non-hydrogen) atoms. The minimum Gasteiger partial charge on any atom is -0.484 e. The molecule has 7 nitrogen and oxygen atoms in total. The van der Waals surface area contributed by atoms with E-state index in [1.165, 1.54) is 36.6 Å². The maximum absolute atomic E-state index is 13.5. The normalized spacial score (nSPS) is 14.0. The fourth-order valence-corrected chi connectivity index (χ4v) is 3.02. The molecule has 2 aromatic carbocycles. The molecule has 152 valence electrons. The van der Waals surface area contributed by atoms with Crippen molar-refractivity contribution in [3.05, 3.63) is 78.1 Å². The minimum atomic E-state index is -1.52. The lowest BCUT2D eigenvalue weighted by Crippen LogP contribution is -2.54. The molecule has 1 unspecified atom stereocenters. The van der Waals surface area contributed by atoms with Gasteiger partial charge in [-0.1, -0.05) is 17.3 Å². The Balaban J connectivity index is 1.92. The van der Waals surface area contributed by atoms with Crippen LogP contribution in [0.1, 0.15) is 25.0 Å². The van der Waals surface area contributed by atoms with Crippen molar-refractivity contribution in [2.75, 3.05) is 7.11 Å². The van der Waals surface area contributed by atoms with Crippen molar-refractivity contribution in [1.29, 1.82) is 0 Å². The van der Waals surface area contributed by atoms with E-state index in [4.69, 9.17) is 4.74 Å². The van der Waals surface area contributed by atoms with Crippen LogP contribution in [0.4, 0.5) is 4.39 Å². The van der Waals surface area contributed by atoms with E-state index in [1.807, 2.05) is 12.1 Å². The quantitative estimate of drug-likeness (QED) is 0.466. The van der Waals surface area contributed by atoms with E-state index in [9.17, 15) is 9.50 Å². The van der Waals surface area contributed by atoms with E-state index in [2.05, 4.69) is 20.1 Å². The van der Waals surface area contributed by atoms with Gasteiger partial charge in [-0.2, -0.15) is 5.10 Å². The number of hydrogen-bond acceptors (Lipinski definition) is 6. The lowest BCUT2D eigenvalue weighted by molar-refractivity contribution is -0.133. The number of nitrogens with zero attached hydrogens (tertiary/aromatic N) is 4. The fraction of sp³-hybridized carbons (Fsp3) is 0.286. The van der Waals surface area contributed by atoms with Gasteiger partial charge < -0.3 is 14.7 Å². The van der Waals surface area contributed by atoms with Crippen molar-refractivity contribution in [2.24, 2.45) is 5.16 Å². The molecule has 0 saturated heterocycles. The van der Waals surface area contributed by atoms with Crippen LogP contribution < -0.4 is 4.74 Å². The molecule has 1 heterocycles. The largest absolute Gasteiger partial charge is 0.484 e. The van der Waals surface area contributed by atoms with Gasteiger partial charge in [-0.3, -0.25) is 0 Å². The van der Waals surface area contributed by atoms with Gasteiger partial charge in [0.2, 0.25) is 0 Å². The van der Waals surface area contributed by atoms with Crippen LogP contribution in [-0.2, 0) is 17.0 Å². The average Bonchev–Trinajstić information content (AvgIpc) is 3.20. The van der Waals surface area contributed by atoms with Crippen molar-refractivity contribution in [1.82, 2.24) is 14.8 Å². The molecule has 0 aliphatic carbocycles. The van der Waals surface area contributed by atoms with Gasteiger partial charge in [-0.25, -0.2) is 14.1 Å². The molecule has 0 amide bonds. The summed E-state index contributed by atoms with van der Waals surface area (Å²) in [6, 6.07) is 12.9. The molecule has 0 aliphatic heterocycles. The van der Waals surface area contributed by atoms with Crippen LogP contribution in [-0.4, -0.2) is 38.8 Å². The third-order valence-corrected chi connectivity index (χ3v) is 4.74. The van der Waals surface area contributed by atoms with E-state index >= 15 is 0 Å². The Kier molecular flexibility index (Phi) is 5.93. The summed E-state index contributed by atoms with van der Waals surface area (Å²) in [6.45, 7) is 3.62. The summed E-state index contributed by atoms with van der Waals surface area (Å²) in [5, 5.41) is 19.5. The summed E-state index contributed by atoms with van der Waals surface area (Å²) >= 11 is 0. The number of aliphatic hydroxyl groups is 1. The zero-order chi connectivity index (χ0) is 20.9. The second kappa shape index (κ2) is 8.40. The second-order valence-corrected chi connectivity index (χ2v) is 7.06. The van der Waals surface area contributed by atoms with Crippen LogP contribution in [0.15, 0.2) is 66.3 Å². The number of oxime groups is 1. The first kappa shape index (κ1) is 20.5. The standard InChI is InChI=1S/C21H23FN4O3/c1-20(2,29-19-10-4-16(5-11-19)12-25-28-3)21(27,13-26-15-23-14-24-26)17-6-8-18(22)9-7-17/h4-12,14-15,27H,13H2,1-3H3. The number of rotatable bonds is 8. The van der Waals surface area contributed by atoms with Crippen molar-refractivity contribution in [3.8, 4) is 5.75 Å². The van der Waals surface area contributed by atoms with Crippen LogP contribution in [0.2, 0.25) is 0 Å². The second-order valence-electron chi connectivity index (χ2n) is 7.06. The summed E-state index contributed by atoms with van der Waals surface area (Å²) in [6.07, 6.45) is 4.47. The molecule has 0 saturated carbocycles. The Bertz CT molecular complexity index is 941. The summed E-state index contributed by atoms with van der Waals surface area (Å²) in [5.41, 5.74) is -1.28. The molecule has 0 aliphatic rings. The van der Waals surface area contributed by atoms with Gasteiger partial charge in [0.1, 0.15) is 42.5 Å². The first-order valence-electron chi connectivity index (χ1n) is 9.00. The Morgan fingerprint density at radius 2 is 1.83 bits per heavy atom. The lowest BCUT2D eigenvalue weighted by Gasteiger charge is -2.42. The van der Waals surface area contributed by atoms with Gasteiger partial charge in [0, 0.05) is 0 Å². The van der Waals surface area contributed by atoms with Gasteiger partial charge in [-0.05, 0) is 61.4 Å². The van der Waals surface area contributed by atoms with Gasteiger partial charge >= 0.3 is 0 Å². The number of aromatic nitrogens is 3. The zero-order valence-electron chi connectivity index (χ0n) is 16.5. The smallest absolute Gasteiger partial charge is 0.148 e. The van der Waals surface area contributed by atoms with E-state index in [1.54, 1.807) is 44.3 Å².